The summed E-state index contributed by atoms with van der Waals surface area (Å²) in [6, 6.07) is 6.10. The van der Waals surface area contributed by atoms with Crippen LogP contribution in [0.25, 0.3) is 0 Å². The molecule has 1 aromatic heterocycles. The standard InChI is InChI=1S/C14H12BrFN2O/c1-9-7-17-5-4-10(9)8-18-14(19)12-6-11(15)2-3-13(12)16/h2-7H,8H2,1H3,(H,18,19). The highest BCUT2D eigenvalue weighted by molar-refractivity contribution is 9.10. The number of carbonyl (C=O) groups excluding carboxylic acids is 1. The zero-order valence-corrected chi connectivity index (χ0v) is 11.9. The van der Waals surface area contributed by atoms with Crippen molar-refractivity contribution in [3.8, 4) is 0 Å². The monoisotopic (exact) mass is 322 g/mol. The van der Waals surface area contributed by atoms with Crippen LogP contribution in [-0.2, 0) is 6.54 Å². The molecule has 98 valence electrons. The highest BCUT2D eigenvalue weighted by atomic mass is 79.9. The molecule has 1 aromatic carbocycles. The van der Waals surface area contributed by atoms with Gasteiger partial charge in [0.1, 0.15) is 5.82 Å². The van der Waals surface area contributed by atoms with Gasteiger partial charge in [0.15, 0.2) is 0 Å². The summed E-state index contributed by atoms with van der Waals surface area (Å²) in [5.74, 6) is -0.970. The summed E-state index contributed by atoms with van der Waals surface area (Å²) >= 11 is 3.22. The number of nitrogens with zero attached hydrogens (tertiary/aromatic N) is 1. The van der Waals surface area contributed by atoms with Gasteiger partial charge in [-0.25, -0.2) is 4.39 Å². The van der Waals surface area contributed by atoms with Crippen molar-refractivity contribution < 1.29 is 9.18 Å². The van der Waals surface area contributed by atoms with Gasteiger partial charge in [-0.3, -0.25) is 9.78 Å². The van der Waals surface area contributed by atoms with Gasteiger partial charge in [0, 0.05) is 23.4 Å². The number of pyridine rings is 1. The van der Waals surface area contributed by atoms with Gasteiger partial charge in [0.25, 0.3) is 5.91 Å². The van der Waals surface area contributed by atoms with Crippen LogP contribution in [0.5, 0.6) is 0 Å². The second-order valence-electron chi connectivity index (χ2n) is 4.11. The Kier molecular flexibility index (Phi) is 4.27. The fourth-order valence-corrected chi connectivity index (χ4v) is 2.00. The van der Waals surface area contributed by atoms with E-state index in [0.717, 1.165) is 11.1 Å². The fourth-order valence-electron chi connectivity index (χ4n) is 1.64. The lowest BCUT2D eigenvalue weighted by molar-refractivity contribution is 0.0947. The molecule has 2 aromatic rings. The minimum absolute atomic E-state index is 0.0288. The Morgan fingerprint density at radius 2 is 2.21 bits per heavy atom. The molecule has 19 heavy (non-hydrogen) atoms. The van der Waals surface area contributed by atoms with Crippen molar-refractivity contribution in [2.24, 2.45) is 0 Å². The van der Waals surface area contributed by atoms with E-state index in [4.69, 9.17) is 0 Å². The number of hydrogen-bond acceptors (Lipinski definition) is 2. The van der Waals surface area contributed by atoms with Crippen LogP contribution in [0.1, 0.15) is 21.5 Å². The minimum atomic E-state index is -0.535. The van der Waals surface area contributed by atoms with E-state index in [1.807, 2.05) is 13.0 Å². The number of amides is 1. The lowest BCUT2D eigenvalue weighted by atomic mass is 10.1. The number of halogens is 2. The Balaban J connectivity index is 2.10. The Labute approximate surface area is 119 Å². The molecule has 0 aliphatic carbocycles. The Morgan fingerprint density at radius 3 is 2.95 bits per heavy atom. The predicted molar refractivity (Wildman–Crippen MR) is 74.2 cm³/mol. The maximum atomic E-state index is 13.5. The van der Waals surface area contributed by atoms with Gasteiger partial charge in [-0.05, 0) is 42.3 Å². The Morgan fingerprint density at radius 1 is 1.42 bits per heavy atom. The summed E-state index contributed by atoms with van der Waals surface area (Å²) in [6.45, 7) is 2.26. The van der Waals surface area contributed by atoms with Gasteiger partial charge < -0.3 is 5.32 Å². The van der Waals surface area contributed by atoms with E-state index < -0.39 is 11.7 Å². The number of hydrogen-bond donors (Lipinski definition) is 1. The van der Waals surface area contributed by atoms with E-state index >= 15 is 0 Å². The number of nitrogens with one attached hydrogen (secondary N) is 1. The van der Waals surface area contributed by atoms with Gasteiger partial charge in [-0.15, -0.1) is 0 Å². The molecular formula is C14H12BrFN2O. The first-order valence-electron chi connectivity index (χ1n) is 5.70. The molecule has 0 bridgehead atoms. The lowest BCUT2D eigenvalue weighted by Gasteiger charge is -2.08. The van der Waals surface area contributed by atoms with Crippen LogP contribution in [0.2, 0.25) is 0 Å². The number of benzene rings is 1. The van der Waals surface area contributed by atoms with Gasteiger partial charge in [-0.2, -0.15) is 0 Å². The van der Waals surface area contributed by atoms with Crippen molar-refractivity contribution in [3.63, 3.8) is 0 Å². The molecule has 1 heterocycles. The van der Waals surface area contributed by atoms with Crippen LogP contribution in [0.15, 0.2) is 41.1 Å². The zero-order valence-electron chi connectivity index (χ0n) is 10.3. The molecule has 0 atom stereocenters. The van der Waals surface area contributed by atoms with Crippen LogP contribution < -0.4 is 5.32 Å². The van der Waals surface area contributed by atoms with Crippen molar-refractivity contribution in [1.29, 1.82) is 0 Å². The minimum Gasteiger partial charge on any atom is -0.348 e. The van der Waals surface area contributed by atoms with E-state index in [0.29, 0.717) is 11.0 Å². The summed E-state index contributed by atoms with van der Waals surface area (Å²) in [4.78, 5) is 15.9. The molecule has 0 saturated heterocycles. The van der Waals surface area contributed by atoms with Gasteiger partial charge in [-0.1, -0.05) is 15.9 Å². The summed E-state index contributed by atoms with van der Waals surface area (Å²) in [5.41, 5.74) is 1.97. The summed E-state index contributed by atoms with van der Waals surface area (Å²) in [6.07, 6.45) is 3.38. The van der Waals surface area contributed by atoms with Crippen molar-refractivity contribution in [2.45, 2.75) is 13.5 Å². The van der Waals surface area contributed by atoms with Crippen molar-refractivity contribution in [3.05, 3.63) is 63.6 Å². The van der Waals surface area contributed by atoms with Gasteiger partial charge in [0.05, 0.1) is 5.56 Å². The highest BCUT2D eigenvalue weighted by Crippen LogP contribution is 2.15. The molecular weight excluding hydrogens is 311 g/mol. The molecule has 0 saturated carbocycles. The van der Waals surface area contributed by atoms with Crippen molar-refractivity contribution in [2.75, 3.05) is 0 Å². The Hall–Kier alpha value is -1.75. The molecule has 5 heteroatoms. The maximum Gasteiger partial charge on any atom is 0.254 e. The number of aryl methyl sites for hydroxylation is 1. The first-order valence-corrected chi connectivity index (χ1v) is 6.50. The van der Waals surface area contributed by atoms with Crippen LogP contribution in [0, 0.1) is 12.7 Å². The molecule has 0 aliphatic rings. The third-order valence-corrected chi connectivity index (χ3v) is 3.24. The predicted octanol–water partition coefficient (Wildman–Crippen LogP) is 3.22. The third-order valence-electron chi connectivity index (χ3n) is 2.75. The smallest absolute Gasteiger partial charge is 0.254 e. The average molecular weight is 323 g/mol. The molecule has 0 fully saturated rings. The van der Waals surface area contributed by atoms with E-state index in [1.165, 1.54) is 12.1 Å². The number of aromatic nitrogens is 1. The quantitative estimate of drug-likeness (QED) is 0.942. The highest BCUT2D eigenvalue weighted by Gasteiger charge is 2.12. The molecule has 0 radical (unpaired) electrons. The average Bonchev–Trinajstić information content (AvgIpc) is 2.40. The van der Waals surface area contributed by atoms with Gasteiger partial charge >= 0.3 is 0 Å². The Bertz CT molecular complexity index is 616. The van der Waals surface area contributed by atoms with Crippen molar-refractivity contribution >= 4 is 21.8 Å². The summed E-state index contributed by atoms with van der Waals surface area (Å²) in [7, 11) is 0. The third kappa shape index (κ3) is 3.38. The molecule has 0 unspecified atom stereocenters. The van der Waals surface area contributed by atoms with Crippen LogP contribution >= 0.6 is 15.9 Å². The molecule has 0 spiro atoms. The SMILES string of the molecule is Cc1cnccc1CNC(=O)c1cc(Br)ccc1F. The molecule has 0 aliphatic heterocycles. The molecule has 1 N–H and O–H groups in total. The zero-order chi connectivity index (χ0) is 13.8. The van der Waals surface area contributed by atoms with E-state index in [9.17, 15) is 9.18 Å². The maximum absolute atomic E-state index is 13.5. The topological polar surface area (TPSA) is 42.0 Å². The van der Waals surface area contributed by atoms with E-state index in [2.05, 4.69) is 26.2 Å². The van der Waals surface area contributed by atoms with Crippen LogP contribution in [-0.4, -0.2) is 10.9 Å². The second-order valence-corrected chi connectivity index (χ2v) is 5.02. The fraction of sp³-hybridized carbons (Fsp3) is 0.143. The van der Waals surface area contributed by atoms with Crippen LogP contribution in [0.4, 0.5) is 4.39 Å². The first-order chi connectivity index (χ1) is 9.08. The molecule has 2 rings (SSSR count). The number of rotatable bonds is 3. The van der Waals surface area contributed by atoms with E-state index in [-0.39, 0.29) is 5.56 Å². The lowest BCUT2D eigenvalue weighted by Crippen LogP contribution is -2.24. The summed E-state index contributed by atoms with van der Waals surface area (Å²) in [5, 5.41) is 2.70. The van der Waals surface area contributed by atoms with Crippen molar-refractivity contribution in [1.82, 2.24) is 10.3 Å². The van der Waals surface area contributed by atoms with E-state index in [1.54, 1.807) is 18.5 Å². The summed E-state index contributed by atoms with van der Waals surface area (Å²) < 4.78 is 14.2. The molecule has 1 amide bonds. The normalized spacial score (nSPS) is 10.3. The largest absolute Gasteiger partial charge is 0.348 e. The molecule has 3 nitrogen and oxygen atoms in total. The first kappa shape index (κ1) is 13.7. The second kappa shape index (κ2) is 5.93. The van der Waals surface area contributed by atoms with Gasteiger partial charge in [0.2, 0.25) is 0 Å². The van der Waals surface area contributed by atoms with Crippen LogP contribution in [0.3, 0.4) is 0 Å². The number of carbonyl (C=O) groups is 1.